The van der Waals surface area contributed by atoms with Crippen LogP contribution in [0.3, 0.4) is 0 Å². The molecule has 0 N–H and O–H groups in total. The van der Waals surface area contributed by atoms with E-state index in [9.17, 15) is 4.79 Å². The first kappa shape index (κ1) is 15.3. The molecule has 0 aromatic heterocycles. The minimum atomic E-state index is 0.0396. The molecule has 2 saturated heterocycles. The molecular formula is C17H23NO4. The second kappa shape index (κ2) is 7.11. The molecule has 5 nitrogen and oxygen atoms in total. The molecule has 120 valence electrons. The van der Waals surface area contributed by atoms with Crippen molar-refractivity contribution in [1.29, 1.82) is 0 Å². The smallest absolute Gasteiger partial charge is 0.254 e. The van der Waals surface area contributed by atoms with Gasteiger partial charge in [-0.1, -0.05) is 6.07 Å². The Balaban J connectivity index is 1.61. The SMILES string of the molecule is CC1CN(C(=O)c2cccc(OCC3CCCO3)c2)CCO1. The molecule has 2 heterocycles. The number of hydrogen-bond acceptors (Lipinski definition) is 4. The van der Waals surface area contributed by atoms with Crippen LogP contribution in [0.1, 0.15) is 30.1 Å². The molecule has 22 heavy (non-hydrogen) atoms. The Kier molecular flexibility index (Phi) is 4.95. The van der Waals surface area contributed by atoms with Crippen molar-refractivity contribution in [1.82, 2.24) is 4.90 Å². The fourth-order valence-electron chi connectivity index (χ4n) is 2.87. The number of nitrogens with zero attached hydrogens (tertiary/aromatic N) is 1. The molecule has 2 aliphatic rings. The van der Waals surface area contributed by atoms with Gasteiger partial charge >= 0.3 is 0 Å². The summed E-state index contributed by atoms with van der Waals surface area (Å²) in [5.74, 6) is 0.764. The molecule has 2 fully saturated rings. The molecule has 2 atom stereocenters. The van der Waals surface area contributed by atoms with Crippen molar-refractivity contribution in [3.05, 3.63) is 29.8 Å². The Morgan fingerprint density at radius 1 is 1.36 bits per heavy atom. The average molecular weight is 305 g/mol. The maximum Gasteiger partial charge on any atom is 0.254 e. The maximum atomic E-state index is 12.5. The largest absolute Gasteiger partial charge is 0.491 e. The highest BCUT2D eigenvalue weighted by Crippen LogP contribution is 2.19. The van der Waals surface area contributed by atoms with Gasteiger partial charge in [0, 0.05) is 25.3 Å². The Bertz CT molecular complexity index is 513. The van der Waals surface area contributed by atoms with Crippen LogP contribution in [0.25, 0.3) is 0 Å². The average Bonchev–Trinajstić information content (AvgIpc) is 3.06. The Morgan fingerprint density at radius 2 is 2.27 bits per heavy atom. The Hall–Kier alpha value is -1.59. The van der Waals surface area contributed by atoms with Gasteiger partial charge < -0.3 is 19.1 Å². The number of benzene rings is 1. The van der Waals surface area contributed by atoms with E-state index < -0.39 is 0 Å². The van der Waals surface area contributed by atoms with Gasteiger partial charge in [-0.05, 0) is 38.0 Å². The molecule has 0 saturated carbocycles. The van der Waals surface area contributed by atoms with Gasteiger partial charge in [-0.3, -0.25) is 4.79 Å². The molecule has 5 heteroatoms. The normalized spacial score (nSPS) is 25.2. The summed E-state index contributed by atoms with van der Waals surface area (Å²) >= 11 is 0. The maximum absolute atomic E-state index is 12.5. The van der Waals surface area contributed by atoms with E-state index in [1.54, 1.807) is 0 Å². The standard InChI is InChI=1S/C17H23NO4/c1-13-11-18(7-9-20-13)17(19)14-4-2-5-15(10-14)22-12-16-6-3-8-21-16/h2,4-5,10,13,16H,3,6-9,11-12H2,1H3. The van der Waals surface area contributed by atoms with Gasteiger partial charge in [0.15, 0.2) is 0 Å². The predicted octanol–water partition coefficient (Wildman–Crippen LogP) is 2.11. The predicted molar refractivity (Wildman–Crippen MR) is 82.2 cm³/mol. The number of ether oxygens (including phenoxy) is 3. The highest BCUT2D eigenvalue weighted by Gasteiger charge is 2.23. The lowest BCUT2D eigenvalue weighted by Gasteiger charge is -2.31. The molecular weight excluding hydrogens is 282 g/mol. The number of amides is 1. The van der Waals surface area contributed by atoms with Gasteiger partial charge in [-0.15, -0.1) is 0 Å². The zero-order chi connectivity index (χ0) is 15.4. The highest BCUT2D eigenvalue weighted by molar-refractivity contribution is 5.94. The van der Waals surface area contributed by atoms with Gasteiger partial charge in [0.2, 0.25) is 0 Å². The van der Waals surface area contributed by atoms with E-state index in [2.05, 4.69) is 0 Å². The molecule has 3 rings (SSSR count). The summed E-state index contributed by atoms with van der Waals surface area (Å²) < 4.78 is 16.8. The lowest BCUT2D eigenvalue weighted by atomic mass is 10.1. The Morgan fingerprint density at radius 3 is 3.05 bits per heavy atom. The molecule has 2 unspecified atom stereocenters. The first-order valence-corrected chi connectivity index (χ1v) is 7.98. The van der Waals surface area contributed by atoms with E-state index in [1.165, 1.54) is 0 Å². The van der Waals surface area contributed by atoms with Crippen LogP contribution in [0.15, 0.2) is 24.3 Å². The molecule has 0 spiro atoms. The zero-order valence-corrected chi connectivity index (χ0v) is 13.0. The summed E-state index contributed by atoms with van der Waals surface area (Å²) in [5.41, 5.74) is 0.666. The van der Waals surface area contributed by atoms with Crippen LogP contribution in [0.4, 0.5) is 0 Å². The third-order valence-corrected chi connectivity index (χ3v) is 4.07. The fraction of sp³-hybridized carbons (Fsp3) is 0.588. The van der Waals surface area contributed by atoms with Crippen molar-refractivity contribution in [3.63, 3.8) is 0 Å². The summed E-state index contributed by atoms with van der Waals surface area (Å²) in [5, 5.41) is 0. The number of hydrogen-bond donors (Lipinski definition) is 0. The molecule has 0 aliphatic carbocycles. The first-order valence-electron chi connectivity index (χ1n) is 7.98. The minimum Gasteiger partial charge on any atom is -0.491 e. The van der Waals surface area contributed by atoms with Crippen LogP contribution in [0.5, 0.6) is 5.75 Å². The summed E-state index contributed by atoms with van der Waals surface area (Å²) in [6.45, 7) is 5.24. The molecule has 0 radical (unpaired) electrons. The highest BCUT2D eigenvalue weighted by atomic mass is 16.5. The summed E-state index contributed by atoms with van der Waals surface area (Å²) in [4.78, 5) is 14.4. The van der Waals surface area contributed by atoms with Gasteiger partial charge in [0.25, 0.3) is 5.91 Å². The summed E-state index contributed by atoms with van der Waals surface area (Å²) in [6.07, 6.45) is 2.42. The van der Waals surface area contributed by atoms with Crippen LogP contribution < -0.4 is 4.74 Å². The lowest BCUT2D eigenvalue weighted by molar-refractivity contribution is -0.0124. The van der Waals surface area contributed by atoms with Crippen LogP contribution in [-0.4, -0.2) is 55.9 Å². The van der Waals surface area contributed by atoms with Crippen molar-refractivity contribution < 1.29 is 19.0 Å². The lowest BCUT2D eigenvalue weighted by Crippen LogP contribution is -2.44. The van der Waals surface area contributed by atoms with E-state index in [1.807, 2.05) is 36.1 Å². The summed E-state index contributed by atoms with van der Waals surface area (Å²) in [7, 11) is 0. The van der Waals surface area contributed by atoms with E-state index in [0.29, 0.717) is 31.9 Å². The first-order chi connectivity index (χ1) is 10.7. The number of carbonyl (C=O) groups excluding carboxylic acids is 1. The van der Waals surface area contributed by atoms with Crippen molar-refractivity contribution >= 4 is 5.91 Å². The summed E-state index contributed by atoms with van der Waals surface area (Å²) in [6, 6.07) is 7.40. The molecule has 1 aromatic rings. The molecule has 1 amide bonds. The molecule has 2 aliphatic heterocycles. The van der Waals surface area contributed by atoms with Gasteiger partial charge in [-0.25, -0.2) is 0 Å². The van der Waals surface area contributed by atoms with Crippen molar-refractivity contribution in [2.45, 2.75) is 32.0 Å². The van der Waals surface area contributed by atoms with E-state index in [0.717, 1.165) is 25.2 Å². The molecule has 0 bridgehead atoms. The monoisotopic (exact) mass is 305 g/mol. The van der Waals surface area contributed by atoms with Crippen LogP contribution in [0.2, 0.25) is 0 Å². The zero-order valence-electron chi connectivity index (χ0n) is 13.0. The van der Waals surface area contributed by atoms with Gasteiger partial charge in [0.1, 0.15) is 12.4 Å². The number of rotatable bonds is 4. The second-order valence-corrected chi connectivity index (χ2v) is 5.91. The minimum absolute atomic E-state index is 0.0396. The quantitative estimate of drug-likeness (QED) is 0.855. The van der Waals surface area contributed by atoms with Gasteiger partial charge in [0.05, 0.1) is 18.8 Å². The van der Waals surface area contributed by atoms with Crippen LogP contribution in [-0.2, 0) is 9.47 Å². The number of morpholine rings is 1. The third-order valence-electron chi connectivity index (χ3n) is 4.07. The van der Waals surface area contributed by atoms with E-state index in [4.69, 9.17) is 14.2 Å². The van der Waals surface area contributed by atoms with Gasteiger partial charge in [-0.2, -0.15) is 0 Å². The van der Waals surface area contributed by atoms with Crippen LogP contribution in [0, 0.1) is 0 Å². The van der Waals surface area contributed by atoms with Crippen molar-refractivity contribution in [3.8, 4) is 5.75 Å². The van der Waals surface area contributed by atoms with Crippen LogP contribution >= 0.6 is 0 Å². The third kappa shape index (κ3) is 3.78. The van der Waals surface area contributed by atoms with E-state index >= 15 is 0 Å². The van der Waals surface area contributed by atoms with Crippen molar-refractivity contribution in [2.75, 3.05) is 32.9 Å². The second-order valence-electron chi connectivity index (χ2n) is 5.91. The topological polar surface area (TPSA) is 48.0 Å². The molecule has 1 aromatic carbocycles. The van der Waals surface area contributed by atoms with E-state index in [-0.39, 0.29) is 18.1 Å². The Labute approximate surface area is 131 Å². The fourth-order valence-corrected chi connectivity index (χ4v) is 2.87. The number of carbonyl (C=O) groups is 1. The van der Waals surface area contributed by atoms with Crippen molar-refractivity contribution in [2.24, 2.45) is 0 Å².